The van der Waals surface area contributed by atoms with Gasteiger partial charge in [0.05, 0.1) is 6.61 Å². The third-order valence-electron chi connectivity index (χ3n) is 8.14. The highest BCUT2D eigenvalue weighted by atomic mass is 31.2. The first-order valence-electron chi connectivity index (χ1n) is 19.5. The van der Waals surface area contributed by atoms with Gasteiger partial charge < -0.3 is 19.3 Å². The molecule has 288 valence electrons. The van der Waals surface area contributed by atoms with E-state index < -0.39 is 32.5 Å². The van der Waals surface area contributed by atoms with E-state index in [0.29, 0.717) is 12.8 Å². The molecule has 0 aromatic heterocycles. The van der Waals surface area contributed by atoms with Crippen LogP contribution in [0.15, 0.2) is 61.3 Å². The number of ether oxygens (including phenoxy) is 2. The molecule has 0 fully saturated rings. The van der Waals surface area contributed by atoms with Crippen molar-refractivity contribution in [3.8, 4) is 0 Å². The number of hydrogen-bond acceptors (Lipinski definition) is 6. The van der Waals surface area contributed by atoms with E-state index >= 15 is 0 Å². The first-order chi connectivity index (χ1) is 24.3. The van der Waals surface area contributed by atoms with Gasteiger partial charge in [-0.3, -0.25) is 14.1 Å². The number of phosphoric acid groups is 1. The number of esters is 2. The molecule has 0 saturated carbocycles. The van der Waals surface area contributed by atoms with E-state index in [-0.39, 0.29) is 19.4 Å². The van der Waals surface area contributed by atoms with Crippen LogP contribution in [0.5, 0.6) is 0 Å². The molecule has 0 spiro atoms. The lowest BCUT2D eigenvalue weighted by Gasteiger charge is -2.18. The summed E-state index contributed by atoms with van der Waals surface area (Å²) in [6, 6.07) is 0. The SMILES string of the molecule is C=CCCCCCCCCCCCCCCCC(=O)O[C@H](COC(=O)CCCCC/C=C/C/C=C/C/C=C/C/C=C/CCC)COP(=O)(O)O. The normalized spacial score (nSPS) is 12.9. The lowest BCUT2D eigenvalue weighted by Crippen LogP contribution is -2.29. The van der Waals surface area contributed by atoms with Crippen molar-refractivity contribution >= 4 is 19.8 Å². The summed E-state index contributed by atoms with van der Waals surface area (Å²) in [4.78, 5) is 42.7. The fraction of sp³-hybridized carbons (Fsp3) is 0.707. The molecule has 0 amide bonds. The van der Waals surface area contributed by atoms with Crippen molar-refractivity contribution in [3.05, 3.63) is 61.3 Å². The van der Waals surface area contributed by atoms with Gasteiger partial charge >= 0.3 is 19.8 Å². The third-order valence-corrected chi connectivity index (χ3v) is 8.62. The maximum absolute atomic E-state index is 12.4. The van der Waals surface area contributed by atoms with E-state index in [0.717, 1.165) is 70.6 Å². The Balaban J connectivity index is 4.00. The maximum atomic E-state index is 12.4. The van der Waals surface area contributed by atoms with Crippen LogP contribution in [0.1, 0.15) is 167 Å². The molecule has 0 aliphatic rings. The maximum Gasteiger partial charge on any atom is 0.469 e. The summed E-state index contributed by atoms with van der Waals surface area (Å²) in [6.45, 7) is 5.09. The van der Waals surface area contributed by atoms with Gasteiger partial charge in [-0.1, -0.05) is 145 Å². The second kappa shape index (κ2) is 36.5. The zero-order chi connectivity index (χ0) is 36.8. The minimum absolute atomic E-state index is 0.201. The molecule has 0 aliphatic heterocycles. The summed E-state index contributed by atoms with van der Waals surface area (Å²) in [5.41, 5.74) is 0. The molecular formula is C41H71O8P. The van der Waals surface area contributed by atoms with Gasteiger partial charge in [-0.05, 0) is 64.2 Å². The van der Waals surface area contributed by atoms with Crippen molar-refractivity contribution in [1.29, 1.82) is 0 Å². The number of carbonyl (C=O) groups is 2. The fourth-order valence-electron chi connectivity index (χ4n) is 5.23. The third kappa shape index (κ3) is 38.6. The van der Waals surface area contributed by atoms with E-state index in [1.54, 1.807) is 0 Å². The second-order valence-electron chi connectivity index (χ2n) is 13.0. The summed E-state index contributed by atoms with van der Waals surface area (Å²) >= 11 is 0. The van der Waals surface area contributed by atoms with Gasteiger partial charge in [0.15, 0.2) is 6.10 Å². The standard InChI is InChI=1S/C41H71O8P/c1-3-5-7-9-11-13-15-17-19-20-22-23-25-27-29-31-33-35-40(42)47-37-39(38-48-50(44,45)46)49-41(43)36-34-32-30-28-26-24-21-18-16-14-12-10-8-6-4-2/h4,7,9,13,15,19-20,23,25,39H,2-3,5-6,8,10-12,14,16-18,21-22,24,26-38H2,1H3,(H2,44,45,46)/b9-7+,15-13+,20-19+,25-23+/t39-/m1/s1. The van der Waals surface area contributed by atoms with Crippen molar-refractivity contribution in [2.24, 2.45) is 0 Å². The van der Waals surface area contributed by atoms with Crippen LogP contribution in [0.3, 0.4) is 0 Å². The van der Waals surface area contributed by atoms with Gasteiger partial charge in [0.25, 0.3) is 0 Å². The minimum atomic E-state index is -4.76. The zero-order valence-corrected chi connectivity index (χ0v) is 32.3. The molecule has 0 aromatic carbocycles. The molecule has 0 unspecified atom stereocenters. The number of phosphoric ester groups is 1. The molecule has 0 aliphatic carbocycles. The van der Waals surface area contributed by atoms with Crippen LogP contribution in [0.25, 0.3) is 0 Å². The van der Waals surface area contributed by atoms with Crippen LogP contribution in [-0.4, -0.2) is 41.0 Å². The van der Waals surface area contributed by atoms with E-state index in [1.807, 2.05) is 6.08 Å². The quantitative estimate of drug-likeness (QED) is 0.0284. The van der Waals surface area contributed by atoms with Crippen LogP contribution in [0, 0.1) is 0 Å². The highest BCUT2D eigenvalue weighted by Gasteiger charge is 2.22. The van der Waals surface area contributed by atoms with Crippen molar-refractivity contribution in [1.82, 2.24) is 0 Å². The summed E-state index contributed by atoms with van der Waals surface area (Å²) in [5.74, 6) is -0.927. The van der Waals surface area contributed by atoms with Crippen molar-refractivity contribution in [2.45, 2.75) is 174 Å². The Morgan fingerprint density at radius 1 is 0.580 bits per heavy atom. The summed E-state index contributed by atoms with van der Waals surface area (Å²) in [7, 11) is -4.76. The van der Waals surface area contributed by atoms with Crippen LogP contribution in [0.4, 0.5) is 0 Å². The highest BCUT2D eigenvalue weighted by molar-refractivity contribution is 7.46. The molecule has 0 bridgehead atoms. The molecule has 0 saturated heterocycles. The predicted octanol–water partition coefficient (Wildman–Crippen LogP) is 11.7. The molecule has 2 N–H and O–H groups in total. The van der Waals surface area contributed by atoms with Gasteiger partial charge in [-0.15, -0.1) is 6.58 Å². The number of carbonyl (C=O) groups excluding carboxylic acids is 2. The van der Waals surface area contributed by atoms with Crippen molar-refractivity contribution < 1.29 is 37.9 Å². The largest absolute Gasteiger partial charge is 0.469 e. The fourth-order valence-corrected chi connectivity index (χ4v) is 5.59. The number of allylic oxidation sites excluding steroid dienone is 9. The van der Waals surface area contributed by atoms with Crippen molar-refractivity contribution in [2.75, 3.05) is 13.2 Å². The Morgan fingerprint density at radius 2 is 1.00 bits per heavy atom. The topological polar surface area (TPSA) is 119 Å². The molecule has 1 atom stereocenters. The molecule has 0 aromatic rings. The smallest absolute Gasteiger partial charge is 0.462 e. The predicted molar refractivity (Wildman–Crippen MR) is 207 cm³/mol. The van der Waals surface area contributed by atoms with Crippen LogP contribution in [-0.2, 0) is 28.2 Å². The Hall–Kier alpha value is -2.25. The van der Waals surface area contributed by atoms with Gasteiger partial charge in [0.1, 0.15) is 6.61 Å². The average Bonchev–Trinajstić information content (AvgIpc) is 3.08. The first kappa shape index (κ1) is 47.8. The summed E-state index contributed by atoms with van der Waals surface area (Å²) in [5, 5.41) is 0. The lowest BCUT2D eigenvalue weighted by molar-refractivity contribution is -0.161. The number of rotatable bonds is 36. The molecule has 0 radical (unpaired) electrons. The molecular weight excluding hydrogens is 651 g/mol. The molecule has 0 rings (SSSR count). The van der Waals surface area contributed by atoms with Gasteiger partial charge in [0.2, 0.25) is 0 Å². The van der Waals surface area contributed by atoms with E-state index in [2.05, 4.69) is 66.6 Å². The van der Waals surface area contributed by atoms with Gasteiger partial charge in [-0.2, -0.15) is 0 Å². The van der Waals surface area contributed by atoms with E-state index in [4.69, 9.17) is 19.3 Å². The molecule has 9 heteroatoms. The first-order valence-corrected chi connectivity index (χ1v) is 21.1. The Labute approximate surface area is 305 Å². The van der Waals surface area contributed by atoms with Crippen LogP contribution < -0.4 is 0 Å². The lowest BCUT2D eigenvalue weighted by atomic mass is 10.0. The monoisotopic (exact) mass is 722 g/mol. The highest BCUT2D eigenvalue weighted by Crippen LogP contribution is 2.36. The Bertz CT molecular complexity index is 981. The summed E-state index contributed by atoms with van der Waals surface area (Å²) in [6.07, 6.45) is 44.0. The Morgan fingerprint density at radius 3 is 1.50 bits per heavy atom. The molecule has 8 nitrogen and oxygen atoms in total. The minimum Gasteiger partial charge on any atom is -0.462 e. The van der Waals surface area contributed by atoms with E-state index in [9.17, 15) is 14.2 Å². The number of unbranched alkanes of at least 4 members (excludes halogenated alkanes) is 17. The van der Waals surface area contributed by atoms with Gasteiger partial charge in [0, 0.05) is 12.8 Å². The Kier molecular flexibility index (Phi) is 34.9. The van der Waals surface area contributed by atoms with Crippen LogP contribution in [0.2, 0.25) is 0 Å². The van der Waals surface area contributed by atoms with Crippen molar-refractivity contribution in [3.63, 3.8) is 0 Å². The van der Waals surface area contributed by atoms with Gasteiger partial charge in [-0.25, -0.2) is 4.57 Å². The van der Waals surface area contributed by atoms with Crippen LogP contribution >= 0.6 is 7.82 Å². The summed E-state index contributed by atoms with van der Waals surface area (Å²) < 4.78 is 26.3. The second-order valence-corrected chi connectivity index (χ2v) is 14.2. The molecule has 50 heavy (non-hydrogen) atoms. The zero-order valence-electron chi connectivity index (χ0n) is 31.4. The average molecular weight is 723 g/mol. The molecule has 0 heterocycles. The number of hydrogen-bond donors (Lipinski definition) is 2. The van der Waals surface area contributed by atoms with E-state index in [1.165, 1.54) is 64.2 Å².